The normalized spacial score (nSPS) is 22.6. The molecule has 2 fully saturated rings. The van der Waals surface area contributed by atoms with Crippen LogP contribution in [0.1, 0.15) is 29.8 Å². The molecule has 0 unspecified atom stereocenters. The van der Waals surface area contributed by atoms with Gasteiger partial charge in [0.1, 0.15) is 29.0 Å². The zero-order chi connectivity index (χ0) is 23.6. The smallest absolute Gasteiger partial charge is 0.325 e. The van der Waals surface area contributed by atoms with E-state index < -0.39 is 22.9 Å². The van der Waals surface area contributed by atoms with Gasteiger partial charge < -0.3 is 15.0 Å². The van der Waals surface area contributed by atoms with Gasteiger partial charge >= 0.3 is 6.03 Å². The van der Waals surface area contributed by atoms with Crippen LogP contribution in [-0.4, -0.2) is 59.1 Å². The summed E-state index contributed by atoms with van der Waals surface area (Å²) in [5, 5.41) is 2.28. The highest BCUT2D eigenvalue weighted by atomic mass is 32.2. The van der Waals surface area contributed by atoms with Crippen molar-refractivity contribution >= 4 is 29.6 Å². The van der Waals surface area contributed by atoms with Crippen LogP contribution in [0.3, 0.4) is 0 Å². The van der Waals surface area contributed by atoms with Crippen molar-refractivity contribution in [3.63, 3.8) is 0 Å². The minimum atomic E-state index is -1.10. The molecule has 0 radical (unpaired) electrons. The van der Waals surface area contributed by atoms with Gasteiger partial charge in [-0.25, -0.2) is 9.18 Å². The van der Waals surface area contributed by atoms with Crippen LogP contribution in [0.5, 0.6) is 5.75 Å². The number of carbonyl (C=O) groups excluding carboxylic acids is 3. The number of rotatable bonds is 7. The van der Waals surface area contributed by atoms with Gasteiger partial charge in [0, 0.05) is 17.9 Å². The summed E-state index contributed by atoms with van der Waals surface area (Å²) in [7, 11) is 1.60. The van der Waals surface area contributed by atoms with Crippen molar-refractivity contribution < 1.29 is 23.5 Å². The van der Waals surface area contributed by atoms with E-state index in [1.165, 1.54) is 22.7 Å². The van der Waals surface area contributed by atoms with Crippen molar-refractivity contribution in [1.29, 1.82) is 0 Å². The van der Waals surface area contributed by atoms with E-state index >= 15 is 0 Å². The molecule has 0 spiro atoms. The standard InChI is InChI=1S/C24H26FN3O4S/c1-24(12-11-16-7-9-17(32-2)10-8-16)22(30)28(23(31)26-24)15-20(29)27-13-14-33-21(27)18-5-3-4-6-19(18)25/h3-10,21H,11-15H2,1-2H3,(H,26,31)/t21-,24+/m0/s1. The summed E-state index contributed by atoms with van der Waals surface area (Å²) in [6, 6.07) is 13.3. The van der Waals surface area contributed by atoms with Crippen molar-refractivity contribution in [1.82, 2.24) is 15.1 Å². The van der Waals surface area contributed by atoms with Crippen molar-refractivity contribution in [2.75, 3.05) is 26.0 Å². The summed E-state index contributed by atoms with van der Waals surface area (Å²) in [5.41, 5.74) is 0.340. The first kappa shape index (κ1) is 23.1. The molecule has 2 aliphatic heterocycles. The zero-order valence-corrected chi connectivity index (χ0v) is 19.4. The Morgan fingerprint density at radius 3 is 2.64 bits per heavy atom. The highest BCUT2D eigenvalue weighted by Gasteiger charge is 2.48. The number of hydrogen-bond acceptors (Lipinski definition) is 5. The second-order valence-corrected chi connectivity index (χ2v) is 9.52. The molecule has 0 bridgehead atoms. The van der Waals surface area contributed by atoms with Crippen LogP contribution in [0, 0.1) is 5.82 Å². The maximum Gasteiger partial charge on any atom is 0.325 e. The summed E-state index contributed by atoms with van der Waals surface area (Å²) < 4.78 is 19.4. The predicted octanol–water partition coefficient (Wildman–Crippen LogP) is 3.35. The fraction of sp³-hybridized carbons (Fsp3) is 0.375. The lowest BCUT2D eigenvalue weighted by Crippen LogP contribution is -2.46. The fourth-order valence-corrected chi connectivity index (χ4v) is 5.43. The lowest BCUT2D eigenvalue weighted by Gasteiger charge is -2.26. The first-order chi connectivity index (χ1) is 15.8. The minimum Gasteiger partial charge on any atom is -0.497 e. The molecule has 33 heavy (non-hydrogen) atoms. The second kappa shape index (κ2) is 9.43. The number of thioether (sulfide) groups is 1. The maximum atomic E-state index is 14.3. The molecule has 2 aliphatic rings. The molecule has 0 aromatic heterocycles. The molecule has 2 heterocycles. The number of ether oxygens (including phenoxy) is 1. The average Bonchev–Trinajstić information content (AvgIpc) is 3.38. The van der Waals surface area contributed by atoms with E-state index in [9.17, 15) is 18.8 Å². The number of urea groups is 1. The maximum absolute atomic E-state index is 14.3. The Balaban J connectivity index is 1.41. The van der Waals surface area contributed by atoms with Gasteiger partial charge in [-0.2, -0.15) is 0 Å². The van der Waals surface area contributed by atoms with Gasteiger partial charge in [0.2, 0.25) is 5.91 Å². The topological polar surface area (TPSA) is 79.0 Å². The van der Waals surface area contributed by atoms with Gasteiger partial charge in [0.05, 0.1) is 7.11 Å². The molecular formula is C24H26FN3O4S. The van der Waals surface area contributed by atoms with Crippen molar-refractivity contribution in [3.05, 3.63) is 65.5 Å². The Hall–Kier alpha value is -3.07. The highest BCUT2D eigenvalue weighted by molar-refractivity contribution is 7.99. The number of amides is 4. The third kappa shape index (κ3) is 4.68. The van der Waals surface area contributed by atoms with E-state index in [1.54, 1.807) is 32.2 Å². The molecule has 2 atom stereocenters. The Labute approximate surface area is 196 Å². The minimum absolute atomic E-state index is 0.367. The van der Waals surface area contributed by atoms with Crippen molar-refractivity contribution in [3.8, 4) is 5.75 Å². The number of aryl methyl sites for hydroxylation is 1. The van der Waals surface area contributed by atoms with E-state index in [0.29, 0.717) is 30.7 Å². The molecule has 2 aromatic carbocycles. The number of methoxy groups -OCH3 is 1. The van der Waals surface area contributed by atoms with E-state index in [0.717, 1.165) is 16.2 Å². The zero-order valence-electron chi connectivity index (χ0n) is 18.5. The van der Waals surface area contributed by atoms with Gasteiger partial charge in [0.25, 0.3) is 5.91 Å². The number of hydrogen-bond donors (Lipinski definition) is 1. The Morgan fingerprint density at radius 1 is 1.21 bits per heavy atom. The Morgan fingerprint density at radius 2 is 1.94 bits per heavy atom. The molecule has 0 aliphatic carbocycles. The van der Waals surface area contributed by atoms with Crippen LogP contribution in [0.25, 0.3) is 0 Å². The number of imide groups is 1. The number of halogens is 1. The first-order valence-corrected chi connectivity index (χ1v) is 11.8. The number of benzene rings is 2. The second-order valence-electron chi connectivity index (χ2n) is 8.33. The fourth-order valence-electron chi connectivity index (χ4n) is 4.13. The van der Waals surface area contributed by atoms with E-state index in [-0.39, 0.29) is 18.3 Å². The summed E-state index contributed by atoms with van der Waals surface area (Å²) in [6.07, 6.45) is 0.971. The quantitative estimate of drug-likeness (QED) is 0.627. The molecule has 2 aromatic rings. The van der Waals surface area contributed by atoms with Crippen molar-refractivity contribution in [2.45, 2.75) is 30.7 Å². The molecule has 4 rings (SSSR count). The summed E-state index contributed by atoms with van der Waals surface area (Å²) in [4.78, 5) is 41.2. The van der Waals surface area contributed by atoms with Gasteiger partial charge in [-0.05, 0) is 43.5 Å². The van der Waals surface area contributed by atoms with Crippen LogP contribution in [0.4, 0.5) is 9.18 Å². The van der Waals surface area contributed by atoms with Crippen LogP contribution in [0.2, 0.25) is 0 Å². The summed E-state index contributed by atoms with van der Waals surface area (Å²) >= 11 is 1.47. The van der Waals surface area contributed by atoms with E-state index in [1.807, 2.05) is 24.3 Å². The van der Waals surface area contributed by atoms with Crippen LogP contribution in [0.15, 0.2) is 48.5 Å². The third-order valence-corrected chi connectivity index (χ3v) is 7.34. The number of carbonyl (C=O) groups is 3. The van der Waals surface area contributed by atoms with E-state index in [2.05, 4.69) is 5.32 Å². The summed E-state index contributed by atoms with van der Waals surface area (Å²) in [5.74, 6) is 0.217. The average molecular weight is 472 g/mol. The number of nitrogens with one attached hydrogen (secondary N) is 1. The van der Waals surface area contributed by atoms with Gasteiger partial charge in [0.15, 0.2) is 0 Å². The lowest BCUT2D eigenvalue weighted by atomic mass is 9.93. The van der Waals surface area contributed by atoms with Crippen molar-refractivity contribution in [2.24, 2.45) is 0 Å². The molecule has 7 nitrogen and oxygen atoms in total. The van der Waals surface area contributed by atoms with E-state index in [4.69, 9.17) is 4.74 Å². The molecule has 9 heteroatoms. The third-order valence-electron chi connectivity index (χ3n) is 6.09. The first-order valence-electron chi connectivity index (χ1n) is 10.7. The molecular weight excluding hydrogens is 445 g/mol. The predicted molar refractivity (Wildman–Crippen MR) is 123 cm³/mol. The Kier molecular flexibility index (Phi) is 6.60. The lowest BCUT2D eigenvalue weighted by molar-refractivity contribution is -0.139. The molecule has 2 saturated heterocycles. The molecule has 174 valence electrons. The van der Waals surface area contributed by atoms with Crippen LogP contribution < -0.4 is 10.1 Å². The molecule has 0 saturated carbocycles. The van der Waals surface area contributed by atoms with Gasteiger partial charge in [-0.3, -0.25) is 14.5 Å². The SMILES string of the molecule is COc1ccc(CC[C@@]2(C)NC(=O)N(CC(=O)N3CCS[C@H]3c3ccccc3F)C2=O)cc1. The molecule has 1 N–H and O–H groups in total. The highest BCUT2D eigenvalue weighted by Crippen LogP contribution is 2.39. The molecule has 4 amide bonds. The van der Waals surface area contributed by atoms with Gasteiger partial charge in [-0.15, -0.1) is 11.8 Å². The van der Waals surface area contributed by atoms with Crippen LogP contribution in [-0.2, 0) is 16.0 Å². The van der Waals surface area contributed by atoms with Gasteiger partial charge in [-0.1, -0.05) is 30.3 Å². The largest absolute Gasteiger partial charge is 0.497 e. The van der Waals surface area contributed by atoms with Crippen LogP contribution >= 0.6 is 11.8 Å². The monoisotopic (exact) mass is 471 g/mol. The summed E-state index contributed by atoms with van der Waals surface area (Å²) in [6.45, 7) is 1.74. The Bertz CT molecular complexity index is 1060. The number of nitrogens with zero attached hydrogens (tertiary/aromatic N) is 2.